The summed E-state index contributed by atoms with van der Waals surface area (Å²) >= 11 is 12.5. The molecule has 3 aromatic rings. The number of para-hydroxylation sites is 1. The highest BCUT2D eigenvalue weighted by Crippen LogP contribution is 2.37. The Morgan fingerprint density at radius 2 is 1.61 bits per heavy atom. The van der Waals surface area contributed by atoms with Crippen molar-refractivity contribution >= 4 is 40.7 Å². The molecule has 1 aromatic heterocycles. The van der Waals surface area contributed by atoms with Gasteiger partial charge in [0.25, 0.3) is 0 Å². The van der Waals surface area contributed by atoms with Crippen LogP contribution in [0.2, 0.25) is 10.0 Å². The van der Waals surface area contributed by atoms with E-state index in [1.165, 1.54) is 0 Å². The standard InChI is InChI=1S/C16H13Cl2N5/c17-12-7-4-8-13(18)14(12)11-9-20-16(22-15(11)23-19)21-10-5-2-1-3-6-10/h1-9H,19H2,(H2,20,21,22,23). The zero-order chi connectivity index (χ0) is 16.2. The van der Waals surface area contributed by atoms with Crippen molar-refractivity contribution in [3.8, 4) is 11.1 Å². The first-order chi connectivity index (χ1) is 11.2. The highest BCUT2D eigenvalue weighted by atomic mass is 35.5. The van der Waals surface area contributed by atoms with Crippen LogP contribution in [0, 0.1) is 0 Å². The molecular formula is C16H13Cl2N5. The quantitative estimate of drug-likeness (QED) is 0.480. The SMILES string of the molecule is NNc1nc(Nc2ccccc2)ncc1-c1c(Cl)cccc1Cl. The van der Waals surface area contributed by atoms with Crippen molar-refractivity contribution < 1.29 is 0 Å². The fourth-order valence-corrected chi connectivity index (χ4v) is 2.74. The second-order valence-electron chi connectivity index (χ2n) is 4.69. The van der Waals surface area contributed by atoms with Crippen molar-refractivity contribution in [2.75, 3.05) is 10.7 Å². The van der Waals surface area contributed by atoms with E-state index in [1.54, 1.807) is 24.4 Å². The maximum absolute atomic E-state index is 6.24. The zero-order valence-corrected chi connectivity index (χ0v) is 13.4. The van der Waals surface area contributed by atoms with Crippen molar-refractivity contribution in [1.29, 1.82) is 0 Å². The summed E-state index contributed by atoms with van der Waals surface area (Å²) in [5.74, 6) is 6.43. The molecule has 0 radical (unpaired) electrons. The number of benzene rings is 2. The van der Waals surface area contributed by atoms with Crippen LogP contribution in [0.1, 0.15) is 0 Å². The van der Waals surface area contributed by atoms with Gasteiger partial charge in [-0.1, -0.05) is 47.5 Å². The Labute approximate surface area is 143 Å². The minimum absolute atomic E-state index is 0.413. The fraction of sp³-hybridized carbons (Fsp3) is 0. The molecular weight excluding hydrogens is 333 g/mol. The van der Waals surface area contributed by atoms with E-state index in [2.05, 4.69) is 20.7 Å². The zero-order valence-electron chi connectivity index (χ0n) is 11.9. The number of hydrogen-bond donors (Lipinski definition) is 3. The lowest BCUT2D eigenvalue weighted by Gasteiger charge is -2.13. The number of anilines is 3. The van der Waals surface area contributed by atoms with E-state index in [9.17, 15) is 0 Å². The first kappa shape index (κ1) is 15.6. The number of aromatic nitrogens is 2. The minimum Gasteiger partial charge on any atom is -0.324 e. The van der Waals surface area contributed by atoms with E-state index in [0.717, 1.165) is 5.69 Å². The lowest BCUT2D eigenvalue weighted by molar-refractivity contribution is 1.14. The Hall–Kier alpha value is -2.34. The third-order valence-corrected chi connectivity index (χ3v) is 3.82. The summed E-state index contributed by atoms with van der Waals surface area (Å²) in [7, 11) is 0. The molecule has 0 amide bonds. The molecule has 0 aliphatic carbocycles. The van der Waals surface area contributed by atoms with Gasteiger partial charge in [0.05, 0.1) is 10.0 Å². The molecule has 7 heteroatoms. The summed E-state index contributed by atoms with van der Waals surface area (Å²) in [6.45, 7) is 0. The smallest absolute Gasteiger partial charge is 0.229 e. The monoisotopic (exact) mass is 345 g/mol. The van der Waals surface area contributed by atoms with Crippen molar-refractivity contribution in [3.63, 3.8) is 0 Å². The molecule has 23 heavy (non-hydrogen) atoms. The minimum atomic E-state index is 0.413. The second-order valence-corrected chi connectivity index (χ2v) is 5.50. The summed E-state index contributed by atoms with van der Waals surface area (Å²) in [6.07, 6.45) is 1.63. The summed E-state index contributed by atoms with van der Waals surface area (Å²) < 4.78 is 0. The average molecular weight is 346 g/mol. The van der Waals surface area contributed by atoms with E-state index in [4.69, 9.17) is 29.0 Å². The predicted molar refractivity (Wildman–Crippen MR) is 95.0 cm³/mol. The van der Waals surface area contributed by atoms with E-state index in [0.29, 0.717) is 32.9 Å². The van der Waals surface area contributed by atoms with Crippen LogP contribution in [0.15, 0.2) is 54.7 Å². The van der Waals surface area contributed by atoms with E-state index >= 15 is 0 Å². The molecule has 116 valence electrons. The van der Waals surface area contributed by atoms with Crippen LogP contribution in [0.4, 0.5) is 17.5 Å². The predicted octanol–water partition coefficient (Wildman–Crippen LogP) is 4.48. The Morgan fingerprint density at radius 1 is 0.913 bits per heavy atom. The van der Waals surface area contributed by atoms with Crippen molar-refractivity contribution in [2.45, 2.75) is 0 Å². The van der Waals surface area contributed by atoms with Crippen molar-refractivity contribution in [1.82, 2.24) is 9.97 Å². The second kappa shape index (κ2) is 6.83. The van der Waals surface area contributed by atoms with Crippen LogP contribution < -0.4 is 16.6 Å². The highest BCUT2D eigenvalue weighted by Gasteiger charge is 2.15. The largest absolute Gasteiger partial charge is 0.324 e. The highest BCUT2D eigenvalue weighted by molar-refractivity contribution is 6.39. The number of nitrogens with two attached hydrogens (primary N) is 1. The van der Waals surface area contributed by atoms with E-state index in [-0.39, 0.29) is 0 Å². The molecule has 0 bridgehead atoms. The Bertz CT molecular complexity index is 804. The lowest BCUT2D eigenvalue weighted by Crippen LogP contribution is -2.12. The summed E-state index contributed by atoms with van der Waals surface area (Å²) in [4.78, 5) is 8.68. The Kier molecular flexibility index (Phi) is 4.62. The fourth-order valence-electron chi connectivity index (χ4n) is 2.14. The van der Waals surface area contributed by atoms with Gasteiger partial charge in [0.15, 0.2) is 5.82 Å². The molecule has 4 N–H and O–H groups in total. The van der Waals surface area contributed by atoms with Gasteiger partial charge in [-0.3, -0.25) is 0 Å². The first-order valence-electron chi connectivity index (χ1n) is 6.79. The molecule has 0 saturated carbocycles. The number of nitrogens with zero attached hydrogens (tertiary/aromatic N) is 2. The maximum atomic E-state index is 6.24. The Morgan fingerprint density at radius 3 is 2.26 bits per heavy atom. The third-order valence-electron chi connectivity index (χ3n) is 3.19. The van der Waals surface area contributed by atoms with Gasteiger partial charge in [0.1, 0.15) is 0 Å². The number of rotatable bonds is 4. The van der Waals surface area contributed by atoms with Crippen LogP contribution in [0.5, 0.6) is 0 Å². The van der Waals surface area contributed by atoms with Crippen LogP contribution in [0.3, 0.4) is 0 Å². The first-order valence-corrected chi connectivity index (χ1v) is 7.54. The van der Waals surface area contributed by atoms with Gasteiger partial charge >= 0.3 is 0 Å². The summed E-state index contributed by atoms with van der Waals surface area (Å²) in [6, 6.07) is 14.9. The maximum Gasteiger partial charge on any atom is 0.229 e. The normalized spacial score (nSPS) is 10.4. The number of hydrazine groups is 1. The summed E-state index contributed by atoms with van der Waals surface area (Å²) in [5.41, 5.74) is 4.70. The third kappa shape index (κ3) is 3.37. The van der Waals surface area contributed by atoms with Crippen molar-refractivity contribution in [2.24, 2.45) is 5.84 Å². The molecule has 3 rings (SSSR count). The van der Waals surface area contributed by atoms with Crippen LogP contribution >= 0.6 is 23.2 Å². The number of nitrogens with one attached hydrogen (secondary N) is 2. The molecule has 0 unspecified atom stereocenters. The van der Waals surface area contributed by atoms with Gasteiger partial charge in [-0.15, -0.1) is 0 Å². The van der Waals surface area contributed by atoms with Gasteiger partial charge in [0.2, 0.25) is 5.95 Å². The molecule has 0 aliphatic rings. The molecule has 0 fully saturated rings. The number of hydrogen-bond acceptors (Lipinski definition) is 5. The Balaban J connectivity index is 2.01. The number of nitrogen functional groups attached to an aromatic ring is 1. The molecule has 0 aliphatic heterocycles. The molecule has 0 spiro atoms. The molecule has 0 atom stereocenters. The molecule has 2 aromatic carbocycles. The topological polar surface area (TPSA) is 75.9 Å². The van der Waals surface area contributed by atoms with Crippen molar-refractivity contribution in [3.05, 3.63) is 64.8 Å². The molecule has 0 saturated heterocycles. The van der Waals surface area contributed by atoms with Crippen LogP contribution in [-0.4, -0.2) is 9.97 Å². The van der Waals surface area contributed by atoms with Gasteiger partial charge in [0, 0.05) is 23.0 Å². The average Bonchev–Trinajstić information content (AvgIpc) is 2.56. The van der Waals surface area contributed by atoms with Crippen LogP contribution in [0.25, 0.3) is 11.1 Å². The van der Waals surface area contributed by atoms with Gasteiger partial charge in [-0.2, -0.15) is 4.98 Å². The van der Waals surface area contributed by atoms with Gasteiger partial charge in [-0.25, -0.2) is 10.8 Å². The molecule has 1 heterocycles. The molecule has 5 nitrogen and oxygen atoms in total. The summed E-state index contributed by atoms with van der Waals surface area (Å²) in [5, 5.41) is 4.11. The van der Waals surface area contributed by atoms with Gasteiger partial charge < -0.3 is 10.7 Å². The van der Waals surface area contributed by atoms with Gasteiger partial charge in [-0.05, 0) is 24.3 Å². The lowest BCUT2D eigenvalue weighted by atomic mass is 10.1. The number of halogens is 2. The van der Waals surface area contributed by atoms with E-state index < -0.39 is 0 Å². The van der Waals surface area contributed by atoms with E-state index in [1.807, 2.05) is 30.3 Å². The van der Waals surface area contributed by atoms with Crippen LogP contribution in [-0.2, 0) is 0 Å².